The van der Waals surface area contributed by atoms with Gasteiger partial charge in [0.05, 0.1) is 5.69 Å². The average molecular weight is 299 g/mol. The Kier molecular flexibility index (Phi) is 4.20. The Hall–Kier alpha value is -0.580. The molecule has 1 unspecified atom stereocenters. The molecule has 4 nitrogen and oxygen atoms in total. The molecule has 1 aliphatic heterocycles. The van der Waals surface area contributed by atoms with Gasteiger partial charge in [0, 0.05) is 43.3 Å². The van der Waals surface area contributed by atoms with E-state index >= 15 is 0 Å². The van der Waals surface area contributed by atoms with Crippen molar-refractivity contribution in [1.29, 1.82) is 0 Å². The molecule has 1 aromatic rings. The van der Waals surface area contributed by atoms with E-state index < -0.39 is 0 Å². The third-order valence-corrected chi connectivity index (χ3v) is 5.15. The van der Waals surface area contributed by atoms with E-state index in [0.717, 1.165) is 42.5 Å². The van der Waals surface area contributed by atoms with Gasteiger partial charge < -0.3 is 5.32 Å². The van der Waals surface area contributed by atoms with Gasteiger partial charge in [-0.3, -0.25) is 9.58 Å². The summed E-state index contributed by atoms with van der Waals surface area (Å²) >= 11 is 6.40. The summed E-state index contributed by atoms with van der Waals surface area (Å²) in [6, 6.07) is 0. The van der Waals surface area contributed by atoms with Crippen LogP contribution in [-0.4, -0.2) is 38.8 Å². The maximum atomic E-state index is 6.40. The van der Waals surface area contributed by atoms with E-state index in [0.29, 0.717) is 0 Å². The number of piperazine rings is 1. The van der Waals surface area contributed by atoms with Gasteiger partial charge in [-0.1, -0.05) is 18.5 Å². The maximum Gasteiger partial charge on any atom is 0.131 e. The molecule has 2 heterocycles. The molecule has 1 fully saturated rings. The zero-order valence-electron chi connectivity index (χ0n) is 13.5. The molecule has 1 N–H and O–H groups in total. The number of nitrogens with zero attached hydrogens (tertiary/aromatic N) is 3. The van der Waals surface area contributed by atoms with E-state index in [1.807, 2.05) is 14.0 Å². The molecule has 5 heteroatoms. The van der Waals surface area contributed by atoms with Crippen molar-refractivity contribution in [2.24, 2.45) is 7.05 Å². The van der Waals surface area contributed by atoms with Crippen LogP contribution in [0.5, 0.6) is 0 Å². The van der Waals surface area contributed by atoms with Gasteiger partial charge in [0.2, 0.25) is 0 Å². The Labute approximate surface area is 127 Å². The Bertz CT molecular complexity index is 494. The number of hydrogen-bond donors (Lipinski definition) is 1. The molecule has 0 radical (unpaired) electrons. The predicted octanol–water partition coefficient (Wildman–Crippen LogP) is 2.73. The first-order valence-corrected chi connectivity index (χ1v) is 7.74. The molecule has 0 amide bonds. The van der Waals surface area contributed by atoms with Gasteiger partial charge in [0.15, 0.2) is 0 Å². The fraction of sp³-hybridized carbons (Fsp3) is 0.800. The van der Waals surface area contributed by atoms with Gasteiger partial charge in [-0.25, -0.2) is 0 Å². The van der Waals surface area contributed by atoms with Crippen molar-refractivity contribution in [2.75, 3.05) is 13.1 Å². The lowest BCUT2D eigenvalue weighted by molar-refractivity contribution is 0.0174. The average Bonchev–Trinajstić information content (AvgIpc) is 2.60. The summed E-state index contributed by atoms with van der Waals surface area (Å²) in [5.74, 6) is 0. The first-order valence-electron chi connectivity index (χ1n) is 7.36. The van der Waals surface area contributed by atoms with E-state index in [1.54, 1.807) is 4.68 Å². The Morgan fingerprint density at radius 3 is 2.50 bits per heavy atom. The highest BCUT2D eigenvalue weighted by Gasteiger charge is 2.40. The quantitative estimate of drug-likeness (QED) is 0.931. The summed E-state index contributed by atoms with van der Waals surface area (Å²) in [6.07, 6.45) is 1.12. The second-order valence-corrected chi connectivity index (χ2v) is 7.28. The van der Waals surface area contributed by atoms with Crippen LogP contribution in [0.3, 0.4) is 0 Å². The summed E-state index contributed by atoms with van der Waals surface area (Å²) in [5.41, 5.74) is 2.50. The number of hydrogen-bond acceptors (Lipinski definition) is 3. The van der Waals surface area contributed by atoms with Crippen molar-refractivity contribution in [3.05, 3.63) is 16.4 Å². The van der Waals surface area contributed by atoms with Crippen LogP contribution in [-0.2, 0) is 13.6 Å². The summed E-state index contributed by atoms with van der Waals surface area (Å²) in [4.78, 5) is 2.55. The van der Waals surface area contributed by atoms with Crippen molar-refractivity contribution in [1.82, 2.24) is 20.0 Å². The van der Waals surface area contributed by atoms with Crippen molar-refractivity contribution in [3.8, 4) is 0 Å². The van der Waals surface area contributed by atoms with Crippen LogP contribution in [0.4, 0.5) is 0 Å². The molecule has 20 heavy (non-hydrogen) atoms. The number of rotatable bonds is 3. The van der Waals surface area contributed by atoms with Gasteiger partial charge in [0.25, 0.3) is 0 Å². The second kappa shape index (κ2) is 5.32. The molecule has 1 atom stereocenters. The number of nitrogens with one attached hydrogen (secondary N) is 1. The van der Waals surface area contributed by atoms with E-state index in [9.17, 15) is 0 Å². The summed E-state index contributed by atoms with van der Waals surface area (Å²) in [6.45, 7) is 14.0. The van der Waals surface area contributed by atoms with Gasteiger partial charge in [0.1, 0.15) is 5.15 Å². The van der Waals surface area contributed by atoms with Crippen LogP contribution in [0.15, 0.2) is 0 Å². The molecule has 1 aliphatic rings. The normalized spacial score (nSPS) is 26.9. The third kappa shape index (κ3) is 2.87. The summed E-state index contributed by atoms with van der Waals surface area (Å²) in [5, 5.41) is 8.84. The summed E-state index contributed by atoms with van der Waals surface area (Å²) in [7, 11) is 1.90. The largest absolute Gasteiger partial charge is 0.309 e. The lowest BCUT2D eigenvalue weighted by atomic mass is 9.87. The van der Waals surface area contributed by atoms with Gasteiger partial charge in [-0.2, -0.15) is 5.10 Å². The monoisotopic (exact) mass is 298 g/mol. The molecule has 0 spiro atoms. The SMILES string of the molecule is CCC1(C)CNC(C)(C)CN1Cc1c(C)nn(C)c1Cl. The highest BCUT2D eigenvalue weighted by Crippen LogP contribution is 2.30. The molecule has 0 aromatic carbocycles. The van der Waals surface area contributed by atoms with E-state index in [-0.39, 0.29) is 11.1 Å². The lowest BCUT2D eigenvalue weighted by Gasteiger charge is -2.51. The van der Waals surface area contributed by atoms with Crippen LogP contribution in [0.1, 0.15) is 45.4 Å². The molecular weight excluding hydrogens is 272 g/mol. The van der Waals surface area contributed by atoms with Crippen LogP contribution in [0.25, 0.3) is 0 Å². The van der Waals surface area contributed by atoms with Crippen LogP contribution >= 0.6 is 11.6 Å². The van der Waals surface area contributed by atoms with Gasteiger partial charge >= 0.3 is 0 Å². The highest BCUT2D eigenvalue weighted by atomic mass is 35.5. The second-order valence-electron chi connectivity index (χ2n) is 6.92. The number of aryl methyl sites for hydroxylation is 2. The Morgan fingerprint density at radius 1 is 1.35 bits per heavy atom. The standard InChI is InChI=1S/C15H27ClN4/c1-7-15(5)9-17-14(3,4)10-20(15)8-12-11(2)18-19(6)13(12)16/h17H,7-10H2,1-6H3. The first-order chi connectivity index (χ1) is 9.18. The molecule has 114 valence electrons. The van der Waals surface area contributed by atoms with Crippen LogP contribution < -0.4 is 5.32 Å². The summed E-state index contributed by atoms with van der Waals surface area (Å²) < 4.78 is 1.77. The molecule has 0 aliphatic carbocycles. The van der Waals surface area contributed by atoms with Crippen molar-refractivity contribution >= 4 is 11.6 Å². The lowest BCUT2D eigenvalue weighted by Crippen LogP contribution is -2.66. The minimum Gasteiger partial charge on any atom is -0.309 e. The van der Waals surface area contributed by atoms with Crippen LogP contribution in [0.2, 0.25) is 5.15 Å². The minimum atomic E-state index is 0.136. The van der Waals surface area contributed by atoms with Gasteiger partial charge in [-0.05, 0) is 34.1 Å². The smallest absolute Gasteiger partial charge is 0.131 e. The molecule has 2 rings (SSSR count). The van der Waals surface area contributed by atoms with E-state index in [4.69, 9.17) is 11.6 Å². The third-order valence-electron chi connectivity index (χ3n) is 4.68. The zero-order chi connectivity index (χ0) is 15.1. The fourth-order valence-corrected chi connectivity index (χ4v) is 3.14. The number of aromatic nitrogens is 2. The van der Waals surface area contributed by atoms with E-state index in [1.165, 1.54) is 0 Å². The maximum absolute atomic E-state index is 6.40. The van der Waals surface area contributed by atoms with Gasteiger partial charge in [-0.15, -0.1) is 0 Å². The first kappa shape index (κ1) is 15.8. The predicted molar refractivity (Wildman–Crippen MR) is 84.1 cm³/mol. The number of halogens is 1. The van der Waals surface area contributed by atoms with Crippen molar-refractivity contribution in [2.45, 2.75) is 58.7 Å². The Morgan fingerprint density at radius 2 is 2.00 bits per heavy atom. The topological polar surface area (TPSA) is 33.1 Å². The van der Waals surface area contributed by atoms with Crippen molar-refractivity contribution < 1.29 is 0 Å². The van der Waals surface area contributed by atoms with E-state index in [2.05, 4.69) is 43.0 Å². The zero-order valence-corrected chi connectivity index (χ0v) is 14.3. The van der Waals surface area contributed by atoms with Crippen LogP contribution in [0, 0.1) is 6.92 Å². The minimum absolute atomic E-state index is 0.136. The molecule has 0 saturated carbocycles. The molecular formula is C15H27ClN4. The molecule has 1 aromatic heterocycles. The highest BCUT2D eigenvalue weighted by molar-refractivity contribution is 6.30. The molecule has 1 saturated heterocycles. The Balaban J connectivity index is 2.28. The molecule has 0 bridgehead atoms. The van der Waals surface area contributed by atoms with Crippen molar-refractivity contribution in [3.63, 3.8) is 0 Å². The fourth-order valence-electron chi connectivity index (χ4n) is 2.91.